The van der Waals surface area contributed by atoms with Crippen LogP contribution in [0.4, 0.5) is 0 Å². The fraction of sp³-hybridized carbons (Fsp3) is 0.273. The lowest BCUT2D eigenvalue weighted by Crippen LogP contribution is -2.39. The van der Waals surface area contributed by atoms with Gasteiger partial charge in [-0.3, -0.25) is 14.0 Å². The molecule has 0 unspecified atom stereocenters. The molecule has 1 aliphatic rings. The maximum absolute atomic E-state index is 13.4. The van der Waals surface area contributed by atoms with E-state index in [4.69, 9.17) is 4.74 Å². The first-order chi connectivity index (χ1) is 14.4. The summed E-state index contributed by atoms with van der Waals surface area (Å²) in [5, 5.41) is 4.45. The number of rotatable bonds is 4. The number of hydrogen-bond acceptors (Lipinski definition) is 6. The van der Waals surface area contributed by atoms with Gasteiger partial charge >= 0.3 is 5.97 Å². The normalized spacial score (nSPS) is 16.4. The molecular weight excluding hydrogens is 400 g/mol. The van der Waals surface area contributed by atoms with Crippen LogP contribution in [-0.2, 0) is 16.1 Å². The van der Waals surface area contributed by atoms with Gasteiger partial charge in [0.25, 0.3) is 5.56 Å². The summed E-state index contributed by atoms with van der Waals surface area (Å²) >= 11 is 1.31. The molecule has 0 saturated carbocycles. The minimum absolute atomic E-state index is 0.190. The molecule has 3 aromatic rings. The molecular formula is C22H22N4O3S. The monoisotopic (exact) mass is 422 g/mol. The molecule has 30 heavy (non-hydrogen) atoms. The first-order valence-electron chi connectivity index (χ1n) is 9.64. The lowest BCUT2D eigenvalue weighted by atomic mass is 9.96. The Labute approximate surface area is 177 Å². The molecule has 1 atom stereocenters. The summed E-state index contributed by atoms with van der Waals surface area (Å²) in [6.45, 7) is 6.46. The fourth-order valence-electron chi connectivity index (χ4n) is 3.62. The third kappa shape index (κ3) is 3.33. The molecule has 0 amide bonds. The van der Waals surface area contributed by atoms with Crippen LogP contribution in [0.25, 0.3) is 6.08 Å². The van der Waals surface area contributed by atoms with Crippen molar-refractivity contribution in [3.05, 3.63) is 84.3 Å². The largest absolute Gasteiger partial charge is 0.466 e. The van der Waals surface area contributed by atoms with Gasteiger partial charge in [0.05, 0.1) is 34.6 Å². The predicted molar refractivity (Wildman–Crippen MR) is 115 cm³/mol. The third-order valence-corrected chi connectivity index (χ3v) is 6.12. The van der Waals surface area contributed by atoms with E-state index in [-0.39, 0.29) is 5.56 Å². The van der Waals surface area contributed by atoms with E-state index in [1.807, 2.05) is 61.1 Å². The smallest absolute Gasteiger partial charge is 0.338 e. The number of thiazole rings is 1. The van der Waals surface area contributed by atoms with Gasteiger partial charge in [-0.2, -0.15) is 5.10 Å². The van der Waals surface area contributed by atoms with Crippen molar-refractivity contribution in [1.29, 1.82) is 0 Å². The highest BCUT2D eigenvalue weighted by atomic mass is 32.1. The van der Waals surface area contributed by atoms with E-state index >= 15 is 0 Å². The van der Waals surface area contributed by atoms with Crippen molar-refractivity contribution in [2.75, 3.05) is 7.11 Å². The highest BCUT2D eigenvalue weighted by Gasteiger charge is 2.32. The summed E-state index contributed by atoms with van der Waals surface area (Å²) in [6, 6.07) is 8.89. The molecule has 1 aliphatic heterocycles. The molecule has 0 aliphatic carbocycles. The number of carbonyl (C=O) groups is 1. The van der Waals surface area contributed by atoms with Crippen molar-refractivity contribution >= 4 is 23.4 Å². The van der Waals surface area contributed by atoms with Crippen molar-refractivity contribution < 1.29 is 9.53 Å². The average Bonchev–Trinajstić information content (AvgIpc) is 3.26. The van der Waals surface area contributed by atoms with Crippen LogP contribution in [-0.4, -0.2) is 27.4 Å². The van der Waals surface area contributed by atoms with Gasteiger partial charge in [-0.05, 0) is 32.4 Å². The number of hydrogen-bond donors (Lipinski definition) is 0. The number of ether oxygens (including phenoxy) is 1. The fourth-order valence-corrected chi connectivity index (χ4v) is 4.66. The predicted octanol–water partition coefficient (Wildman–Crippen LogP) is 1.93. The Bertz CT molecular complexity index is 1330. The second kappa shape index (κ2) is 7.87. The second-order valence-corrected chi connectivity index (χ2v) is 8.02. The van der Waals surface area contributed by atoms with E-state index in [1.165, 1.54) is 18.4 Å². The third-order valence-electron chi connectivity index (χ3n) is 5.14. The van der Waals surface area contributed by atoms with Crippen molar-refractivity contribution in [1.82, 2.24) is 14.3 Å². The molecule has 0 spiro atoms. The minimum Gasteiger partial charge on any atom is -0.466 e. The van der Waals surface area contributed by atoms with Crippen LogP contribution < -0.4 is 14.9 Å². The van der Waals surface area contributed by atoms with Crippen LogP contribution >= 0.6 is 11.3 Å². The summed E-state index contributed by atoms with van der Waals surface area (Å²) in [7, 11) is 1.34. The zero-order valence-corrected chi connectivity index (χ0v) is 18.1. The summed E-state index contributed by atoms with van der Waals surface area (Å²) in [5.74, 6) is -0.487. The minimum atomic E-state index is -0.587. The first kappa shape index (κ1) is 20.0. The molecule has 8 heteroatoms. The SMILES string of the molecule is CCn1cc(C=c2sc3n(c2=O)[C@H](c2ccccc2)C(C(=O)OC)=C(C)N=3)c(C)n1. The molecule has 0 bridgehead atoms. The summed E-state index contributed by atoms with van der Waals surface area (Å²) < 4.78 is 8.99. The molecule has 7 nitrogen and oxygen atoms in total. The molecule has 3 heterocycles. The number of benzene rings is 1. The number of aryl methyl sites for hydroxylation is 2. The standard InChI is InChI=1S/C22H22N4O3S/c1-5-25-12-16(13(2)24-25)11-17-20(27)26-19(15-9-7-6-8-10-15)18(21(28)29-4)14(3)23-22(26)30-17/h6-12,19H,5H2,1-4H3/t19-/m1/s1. The van der Waals surface area contributed by atoms with E-state index in [2.05, 4.69) is 10.1 Å². The lowest BCUT2D eigenvalue weighted by molar-refractivity contribution is -0.136. The van der Waals surface area contributed by atoms with Crippen LogP contribution in [0.15, 0.2) is 57.6 Å². The van der Waals surface area contributed by atoms with E-state index < -0.39 is 12.0 Å². The Balaban J connectivity index is 1.97. The van der Waals surface area contributed by atoms with Crippen LogP contribution in [0.5, 0.6) is 0 Å². The summed E-state index contributed by atoms with van der Waals surface area (Å²) in [5.41, 5.74) is 3.31. The molecule has 0 radical (unpaired) electrons. The maximum atomic E-state index is 13.4. The highest BCUT2D eigenvalue weighted by molar-refractivity contribution is 7.07. The van der Waals surface area contributed by atoms with Crippen LogP contribution in [0, 0.1) is 6.92 Å². The number of nitrogens with zero attached hydrogens (tertiary/aromatic N) is 4. The molecule has 0 N–H and O–H groups in total. The van der Waals surface area contributed by atoms with E-state index in [0.717, 1.165) is 23.4 Å². The van der Waals surface area contributed by atoms with Gasteiger partial charge < -0.3 is 4.74 Å². The molecule has 1 aromatic carbocycles. The van der Waals surface area contributed by atoms with Gasteiger partial charge in [-0.1, -0.05) is 41.7 Å². The van der Waals surface area contributed by atoms with Gasteiger partial charge in [-0.15, -0.1) is 0 Å². The van der Waals surface area contributed by atoms with Crippen molar-refractivity contribution in [3.8, 4) is 0 Å². The number of esters is 1. The highest BCUT2D eigenvalue weighted by Crippen LogP contribution is 2.30. The number of carbonyl (C=O) groups excluding carboxylic acids is 1. The Morgan fingerprint density at radius 3 is 2.63 bits per heavy atom. The number of allylic oxidation sites excluding steroid dienone is 1. The summed E-state index contributed by atoms with van der Waals surface area (Å²) in [4.78, 5) is 31.1. The quantitative estimate of drug-likeness (QED) is 0.602. The topological polar surface area (TPSA) is 78.5 Å². The van der Waals surface area contributed by atoms with E-state index in [0.29, 0.717) is 20.6 Å². The zero-order valence-electron chi connectivity index (χ0n) is 17.2. The van der Waals surface area contributed by atoms with Crippen molar-refractivity contribution in [2.24, 2.45) is 4.99 Å². The Kier molecular flexibility index (Phi) is 5.26. The van der Waals surface area contributed by atoms with Crippen molar-refractivity contribution in [2.45, 2.75) is 33.4 Å². The molecule has 0 saturated heterocycles. The van der Waals surface area contributed by atoms with Gasteiger partial charge in [0, 0.05) is 18.3 Å². The van der Waals surface area contributed by atoms with Crippen LogP contribution in [0.3, 0.4) is 0 Å². The number of aromatic nitrogens is 3. The lowest BCUT2D eigenvalue weighted by Gasteiger charge is -2.24. The van der Waals surface area contributed by atoms with Crippen LogP contribution in [0.2, 0.25) is 0 Å². The van der Waals surface area contributed by atoms with Gasteiger partial charge in [0.1, 0.15) is 0 Å². The van der Waals surface area contributed by atoms with Crippen molar-refractivity contribution in [3.63, 3.8) is 0 Å². The first-order valence-corrected chi connectivity index (χ1v) is 10.5. The van der Waals surface area contributed by atoms with Crippen LogP contribution in [0.1, 0.15) is 36.7 Å². The molecule has 0 fully saturated rings. The molecule has 2 aromatic heterocycles. The average molecular weight is 423 g/mol. The molecule has 154 valence electrons. The number of fused-ring (bicyclic) bond motifs is 1. The Morgan fingerprint density at radius 2 is 2.00 bits per heavy atom. The zero-order chi connectivity index (χ0) is 21.4. The number of methoxy groups -OCH3 is 1. The second-order valence-electron chi connectivity index (χ2n) is 7.01. The maximum Gasteiger partial charge on any atom is 0.338 e. The molecule has 4 rings (SSSR count). The Morgan fingerprint density at radius 1 is 1.27 bits per heavy atom. The van der Waals surface area contributed by atoms with Gasteiger partial charge in [0.2, 0.25) is 0 Å². The van der Waals surface area contributed by atoms with E-state index in [9.17, 15) is 9.59 Å². The van der Waals surface area contributed by atoms with E-state index in [1.54, 1.807) is 11.5 Å². The van der Waals surface area contributed by atoms with Gasteiger partial charge in [-0.25, -0.2) is 9.79 Å². The summed E-state index contributed by atoms with van der Waals surface area (Å²) in [6.07, 6.45) is 3.77. The van der Waals surface area contributed by atoms with Gasteiger partial charge in [0.15, 0.2) is 4.80 Å². The Hall–Kier alpha value is -3.26.